The van der Waals surface area contributed by atoms with Gasteiger partial charge in [0.25, 0.3) is 0 Å². The molecule has 0 saturated heterocycles. The monoisotopic (exact) mass is 290 g/mol. The van der Waals surface area contributed by atoms with Gasteiger partial charge in [-0.05, 0) is 37.4 Å². The predicted octanol–water partition coefficient (Wildman–Crippen LogP) is 1.37. The first-order chi connectivity index (χ1) is 8.95. The van der Waals surface area contributed by atoms with Crippen LogP contribution in [0.5, 0.6) is 0 Å². The first-order valence-corrected chi connectivity index (χ1v) is 7.60. The average molecular weight is 290 g/mol. The molecular formula is C12H16F2N2O2S. The third-order valence-electron chi connectivity index (χ3n) is 3.47. The van der Waals surface area contributed by atoms with E-state index < -0.39 is 26.6 Å². The smallest absolute Gasteiger partial charge is 0.243 e. The minimum atomic E-state index is -4.06. The first-order valence-electron chi connectivity index (χ1n) is 6.12. The summed E-state index contributed by atoms with van der Waals surface area (Å²) >= 11 is 0. The lowest BCUT2D eigenvalue weighted by molar-refractivity contribution is 0.446. The molecule has 0 aliphatic heterocycles. The van der Waals surface area contributed by atoms with E-state index in [1.807, 2.05) is 0 Å². The van der Waals surface area contributed by atoms with Crippen LogP contribution >= 0.6 is 0 Å². The largest absolute Gasteiger partial charge is 0.330 e. The van der Waals surface area contributed by atoms with E-state index in [4.69, 9.17) is 5.73 Å². The highest BCUT2D eigenvalue weighted by Gasteiger charge is 2.31. The zero-order valence-electron chi connectivity index (χ0n) is 10.3. The molecule has 0 unspecified atom stereocenters. The van der Waals surface area contributed by atoms with E-state index in [0.29, 0.717) is 13.0 Å². The molecule has 19 heavy (non-hydrogen) atoms. The van der Waals surface area contributed by atoms with Gasteiger partial charge in [-0.2, -0.15) is 0 Å². The number of benzene rings is 1. The van der Waals surface area contributed by atoms with Crippen molar-refractivity contribution in [3.05, 3.63) is 29.8 Å². The lowest BCUT2D eigenvalue weighted by atomic mass is 10.1. The number of hydrogen-bond acceptors (Lipinski definition) is 3. The molecule has 1 aromatic rings. The third-order valence-corrected chi connectivity index (χ3v) is 4.98. The summed E-state index contributed by atoms with van der Waals surface area (Å²) in [6.07, 6.45) is 2.38. The zero-order valence-corrected chi connectivity index (χ0v) is 11.1. The second-order valence-electron chi connectivity index (χ2n) is 4.71. The summed E-state index contributed by atoms with van der Waals surface area (Å²) in [4.78, 5) is -0.657. The van der Waals surface area contributed by atoms with Gasteiger partial charge in [0.05, 0.1) is 0 Å². The Morgan fingerprint density at radius 1 is 1.32 bits per heavy atom. The number of sulfonamides is 1. The topological polar surface area (TPSA) is 72.2 Å². The van der Waals surface area contributed by atoms with Gasteiger partial charge < -0.3 is 5.73 Å². The SMILES string of the molecule is NC[C@@H]1CCC[C@H]1NS(=O)(=O)c1cccc(F)c1F. The summed E-state index contributed by atoms with van der Waals surface area (Å²) in [5, 5.41) is 0. The second-order valence-corrected chi connectivity index (χ2v) is 6.39. The molecule has 0 heterocycles. The van der Waals surface area contributed by atoms with Crippen molar-refractivity contribution in [2.24, 2.45) is 11.7 Å². The van der Waals surface area contributed by atoms with Crippen molar-refractivity contribution in [3.63, 3.8) is 0 Å². The van der Waals surface area contributed by atoms with E-state index in [0.717, 1.165) is 25.0 Å². The normalized spacial score (nSPS) is 23.7. The maximum Gasteiger partial charge on any atom is 0.243 e. The summed E-state index contributed by atoms with van der Waals surface area (Å²) in [7, 11) is -4.06. The number of rotatable bonds is 4. The van der Waals surface area contributed by atoms with Gasteiger partial charge in [0.15, 0.2) is 11.6 Å². The summed E-state index contributed by atoms with van der Waals surface area (Å²) in [5.74, 6) is -2.48. The van der Waals surface area contributed by atoms with Crippen LogP contribution in [0.2, 0.25) is 0 Å². The average Bonchev–Trinajstić information content (AvgIpc) is 2.78. The quantitative estimate of drug-likeness (QED) is 0.879. The highest BCUT2D eigenvalue weighted by molar-refractivity contribution is 7.89. The van der Waals surface area contributed by atoms with Crippen LogP contribution in [0.25, 0.3) is 0 Å². The maximum atomic E-state index is 13.5. The highest BCUT2D eigenvalue weighted by atomic mass is 32.2. The fourth-order valence-corrected chi connectivity index (χ4v) is 3.86. The minimum Gasteiger partial charge on any atom is -0.330 e. The van der Waals surface area contributed by atoms with Gasteiger partial charge in [-0.25, -0.2) is 21.9 Å². The first kappa shape index (κ1) is 14.4. The van der Waals surface area contributed by atoms with Crippen LogP contribution in [0.4, 0.5) is 8.78 Å². The van der Waals surface area contributed by atoms with Gasteiger partial charge >= 0.3 is 0 Å². The molecule has 3 N–H and O–H groups in total. The Hall–Kier alpha value is -1.05. The Balaban J connectivity index is 2.25. The van der Waals surface area contributed by atoms with E-state index in [9.17, 15) is 17.2 Å². The van der Waals surface area contributed by atoms with Crippen molar-refractivity contribution < 1.29 is 17.2 Å². The molecule has 4 nitrogen and oxygen atoms in total. The molecule has 0 spiro atoms. The van der Waals surface area contributed by atoms with Crippen LogP contribution in [-0.2, 0) is 10.0 Å². The molecule has 2 atom stereocenters. The Labute approximate surface area is 111 Å². The maximum absolute atomic E-state index is 13.5. The van der Waals surface area contributed by atoms with E-state index in [1.165, 1.54) is 6.07 Å². The molecule has 0 bridgehead atoms. The molecule has 7 heteroatoms. The Bertz CT molecular complexity index is 563. The summed E-state index contributed by atoms with van der Waals surface area (Å²) in [5.41, 5.74) is 5.57. The highest BCUT2D eigenvalue weighted by Crippen LogP contribution is 2.27. The number of nitrogens with one attached hydrogen (secondary N) is 1. The van der Waals surface area contributed by atoms with Gasteiger partial charge in [-0.15, -0.1) is 0 Å². The van der Waals surface area contributed by atoms with E-state index >= 15 is 0 Å². The Kier molecular flexibility index (Phi) is 4.17. The predicted molar refractivity (Wildman–Crippen MR) is 66.9 cm³/mol. The Morgan fingerprint density at radius 3 is 2.74 bits per heavy atom. The molecule has 1 aromatic carbocycles. The fourth-order valence-electron chi connectivity index (χ4n) is 2.43. The van der Waals surface area contributed by atoms with Gasteiger partial charge in [-0.3, -0.25) is 0 Å². The molecule has 0 amide bonds. The molecule has 0 radical (unpaired) electrons. The van der Waals surface area contributed by atoms with Crippen molar-refractivity contribution in [1.29, 1.82) is 0 Å². The van der Waals surface area contributed by atoms with Gasteiger partial charge in [-0.1, -0.05) is 12.5 Å². The molecule has 106 valence electrons. The molecule has 2 rings (SSSR count). The van der Waals surface area contributed by atoms with Crippen molar-refractivity contribution >= 4 is 10.0 Å². The fraction of sp³-hybridized carbons (Fsp3) is 0.500. The standard InChI is InChI=1S/C12H16F2N2O2S/c13-9-4-2-6-11(12(9)14)19(17,18)16-10-5-1-3-8(10)7-15/h2,4,6,8,10,16H,1,3,5,7,15H2/t8-,10+/m0/s1. The minimum absolute atomic E-state index is 0.0476. The van der Waals surface area contributed by atoms with Crippen LogP contribution in [0.15, 0.2) is 23.1 Å². The van der Waals surface area contributed by atoms with Crippen LogP contribution in [0.3, 0.4) is 0 Å². The molecule has 1 saturated carbocycles. The van der Waals surface area contributed by atoms with E-state index in [2.05, 4.69) is 4.72 Å². The van der Waals surface area contributed by atoms with Gasteiger partial charge in [0, 0.05) is 6.04 Å². The number of hydrogen-bond donors (Lipinski definition) is 2. The molecular weight excluding hydrogens is 274 g/mol. The van der Waals surface area contributed by atoms with Crippen molar-refractivity contribution in [1.82, 2.24) is 4.72 Å². The van der Waals surface area contributed by atoms with E-state index in [-0.39, 0.29) is 12.0 Å². The number of halogens is 2. The van der Waals surface area contributed by atoms with E-state index in [1.54, 1.807) is 0 Å². The zero-order chi connectivity index (χ0) is 14.0. The van der Waals surface area contributed by atoms with Crippen LogP contribution < -0.4 is 10.5 Å². The second kappa shape index (κ2) is 5.52. The van der Waals surface area contributed by atoms with Crippen molar-refractivity contribution in [3.8, 4) is 0 Å². The van der Waals surface area contributed by atoms with Crippen LogP contribution in [0, 0.1) is 17.6 Å². The summed E-state index contributed by atoms with van der Waals surface area (Å²) in [6, 6.07) is 2.79. The molecule has 1 aliphatic rings. The van der Waals surface area contributed by atoms with Crippen LogP contribution in [0.1, 0.15) is 19.3 Å². The van der Waals surface area contributed by atoms with Crippen molar-refractivity contribution in [2.45, 2.75) is 30.2 Å². The van der Waals surface area contributed by atoms with Gasteiger partial charge in [0.1, 0.15) is 4.90 Å². The number of nitrogens with two attached hydrogens (primary N) is 1. The Morgan fingerprint density at radius 2 is 2.05 bits per heavy atom. The summed E-state index contributed by atoms with van der Waals surface area (Å²) in [6.45, 7) is 0.374. The molecule has 1 aliphatic carbocycles. The lowest BCUT2D eigenvalue weighted by Gasteiger charge is -2.19. The molecule has 1 fully saturated rings. The molecule has 0 aromatic heterocycles. The van der Waals surface area contributed by atoms with Gasteiger partial charge in [0.2, 0.25) is 10.0 Å². The third kappa shape index (κ3) is 2.93. The van der Waals surface area contributed by atoms with Crippen LogP contribution in [-0.4, -0.2) is 21.0 Å². The van der Waals surface area contributed by atoms with Crippen molar-refractivity contribution in [2.75, 3.05) is 6.54 Å². The summed E-state index contributed by atoms with van der Waals surface area (Å²) < 4.78 is 53.2. The lowest BCUT2D eigenvalue weighted by Crippen LogP contribution is -2.40.